The van der Waals surface area contributed by atoms with Gasteiger partial charge >= 0.3 is 0 Å². The highest BCUT2D eigenvalue weighted by Gasteiger charge is 2.17. The lowest BCUT2D eigenvalue weighted by atomic mass is 10.00. The molecule has 2 rings (SSSR count). The maximum atomic E-state index is 12.6. The van der Waals surface area contributed by atoms with E-state index in [4.69, 9.17) is 11.6 Å². The summed E-state index contributed by atoms with van der Waals surface area (Å²) >= 11 is 6.13. The van der Waals surface area contributed by atoms with Crippen LogP contribution in [-0.2, 0) is 4.79 Å². The van der Waals surface area contributed by atoms with Gasteiger partial charge in [-0.25, -0.2) is 0 Å². The molecule has 0 heterocycles. The van der Waals surface area contributed by atoms with Crippen LogP contribution in [0, 0.1) is 6.92 Å². The molecule has 4 heteroatoms. The number of carbonyl (C=O) groups is 2. The monoisotopic (exact) mass is 313 g/mol. The Hall–Kier alpha value is -2.39. The maximum absolute atomic E-state index is 12.6. The normalized spacial score (nSPS) is 10.1. The van der Waals surface area contributed by atoms with Crippen LogP contribution < -0.4 is 5.32 Å². The van der Waals surface area contributed by atoms with Gasteiger partial charge in [0.05, 0.1) is 5.69 Å². The Kier molecular flexibility index (Phi) is 4.78. The van der Waals surface area contributed by atoms with E-state index in [2.05, 4.69) is 11.9 Å². The number of ketones is 1. The average Bonchev–Trinajstić information content (AvgIpc) is 2.50. The summed E-state index contributed by atoms with van der Waals surface area (Å²) in [4.78, 5) is 24.5. The van der Waals surface area contributed by atoms with Gasteiger partial charge in [0, 0.05) is 21.7 Å². The summed E-state index contributed by atoms with van der Waals surface area (Å²) in [6.45, 7) is 7.02. The van der Waals surface area contributed by atoms with Gasteiger partial charge in [0.2, 0.25) is 0 Å². The van der Waals surface area contributed by atoms with Gasteiger partial charge in [0.1, 0.15) is 0 Å². The Morgan fingerprint density at radius 2 is 1.77 bits per heavy atom. The Morgan fingerprint density at radius 3 is 2.36 bits per heavy atom. The molecule has 0 spiro atoms. The molecule has 0 aliphatic heterocycles. The molecule has 0 saturated carbocycles. The number of amides is 1. The molecule has 0 aliphatic rings. The number of rotatable bonds is 4. The number of halogens is 1. The molecule has 0 bridgehead atoms. The minimum absolute atomic E-state index is 0.195. The van der Waals surface area contributed by atoms with Crippen LogP contribution in [0.25, 0.3) is 0 Å². The number of carbonyl (C=O) groups excluding carboxylic acids is 2. The van der Waals surface area contributed by atoms with Crippen LogP contribution in [-0.4, -0.2) is 11.7 Å². The van der Waals surface area contributed by atoms with E-state index >= 15 is 0 Å². The van der Waals surface area contributed by atoms with Gasteiger partial charge in [0.25, 0.3) is 5.91 Å². The van der Waals surface area contributed by atoms with Crippen LogP contribution >= 0.6 is 11.6 Å². The van der Waals surface area contributed by atoms with Gasteiger partial charge < -0.3 is 5.32 Å². The Balaban J connectivity index is 2.49. The Bertz CT molecular complexity index is 751. The van der Waals surface area contributed by atoms with E-state index in [9.17, 15) is 9.59 Å². The zero-order valence-corrected chi connectivity index (χ0v) is 13.2. The summed E-state index contributed by atoms with van der Waals surface area (Å²) in [5.74, 6) is -0.525. The minimum atomic E-state index is -0.330. The molecular weight excluding hydrogens is 298 g/mol. The van der Waals surface area contributed by atoms with E-state index in [0.29, 0.717) is 27.4 Å². The van der Waals surface area contributed by atoms with Crippen molar-refractivity contribution in [3.05, 3.63) is 76.3 Å². The number of aryl methyl sites for hydroxylation is 1. The lowest BCUT2D eigenvalue weighted by Gasteiger charge is -2.13. The molecule has 22 heavy (non-hydrogen) atoms. The molecule has 0 atom stereocenters. The lowest BCUT2D eigenvalue weighted by Crippen LogP contribution is -2.15. The predicted octanol–water partition coefficient (Wildman–Crippen LogP) is 4.39. The highest BCUT2D eigenvalue weighted by atomic mass is 35.5. The van der Waals surface area contributed by atoms with Gasteiger partial charge in [-0.1, -0.05) is 48.5 Å². The summed E-state index contributed by atoms with van der Waals surface area (Å²) < 4.78 is 0. The average molecular weight is 314 g/mol. The molecule has 2 aromatic carbocycles. The third-order valence-corrected chi connectivity index (χ3v) is 3.62. The van der Waals surface area contributed by atoms with Crippen LogP contribution in [0.4, 0.5) is 5.69 Å². The van der Waals surface area contributed by atoms with E-state index in [-0.39, 0.29) is 11.7 Å². The van der Waals surface area contributed by atoms with Gasteiger partial charge in [-0.2, -0.15) is 0 Å². The summed E-state index contributed by atoms with van der Waals surface area (Å²) in [6.07, 6.45) is 0. The first kappa shape index (κ1) is 16.0. The number of hydrogen-bond donors (Lipinski definition) is 1. The van der Waals surface area contributed by atoms with Crippen LogP contribution in [0.3, 0.4) is 0 Å². The van der Waals surface area contributed by atoms with Crippen molar-refractivity contribution in [1.82, 2.24) is 0 Å². The smallest absolute Gasteiger partial charge is 0.250 e. The molecule has 0 aliphatic carbocycles. The highest BCUT2D eigenvalue weighted by Crippen LogP contribution is 2.27. The summed E-state index contributed by atoms with van der Waals surface area (Å²) in [5.41, 5.74) is 2.47. The van der Waals surface area contributed by atoms with E-state index in [1.54, 1.807) is 43.3 Å². The first-order valence-corrected chi connectivity index (χ1v) is 7.14. The zero-order valence-electron chi connectivity index (χ0n) is 12.4. The van der Waals surface area contributed by atoms with Crippen molar-refractivity contribution in [1.29, 1.82) is 0 Å². The molecule has 0 fully saturated rings. The van der Waals surface area contributed by atoms with Crippen molar-refractivity contribution in [2.45, 2.75) is 13.8 Å². The first-order chi connectivity index (χ1) is 10.4. The SMILES string of the molecule is C=C(C)C(=O)Nc1cc(C)c(Cl)cc1C(=O)c1ccccc1. The van der Waals surface area contributed by atoms with Gasteiger partial charge in [0.15, 0.2) is 5.78 Å². The molecule has 1 N–H and O–H groups in total. The first-order valence-electron chi connectivity index (χ1n) is 6.77. The van der Waals surface area contributed by atoms with Gasteiger partial charge in [-0.3, -0.25) is 9.59 Å². The Morgan fingerprint density at radius 1 is 1.14 bits per heavy atom. The highest BCUT2D eigenvalue weighted by molar-refractivity contribution is 6.32. The van der Waals surface area contributed by atoms with E-state index in [1.807, 2.05) is 13.0 Å². The second-order valence-corrected chi connectivity index (χ2v) is 5.48. The van der Waals surface area contributed by atoms with Gasteiger partial charge in [-0.05, 0) is 31.5 Å². The van der Waals surface area contributed by atoms with E-state index in [1.165, 1.54) is 0 Å². The van der Waals surface area contributed by atoms with Gasteiger partial charge in [-0.15, -0.1) is 0 Å². The Labute approximate surface area is 134 Å². The molecule has 0 radical (unpaired) electrons. The standard InChI is InChI=1S/C18H16ClNO2/c1-11(2)18(22)20-16-9-12(3)15(19)10-14(16)17(21)13-7-5-4-6-8-13/h4-10H,1H2,2-3H3,(H,20,22). The molecule has 0 unspecified atom stereocenters. The fourth-order valence-electron chi connectivity index (χ4n) is 1.95. The maximum Gasteiger partial charge on any atom is 0.250 e. The third kappa shape index (κ3) is 3.43. The van der Waals surface area contributed by atoms with Crippen molar-refractivity contribution in [2.75, 3.05) is 5.32 Å². The molecule has 1 amide bonds. The van der Waals surface area contributed by atoms with Crippen molar-refractivity contribution >= 4 is 29.0 Å². The molecule has 2 aromatic rings. The molecular formula is C18H16ClNO2. The van der Waals surface area contributed by atoms with Crippen LogP contribution in [0.1, 0.15) is 28.4 Å². The lowest BCUT2D eigenvalue weighted by molar-refractivity contribution is -0.112. The summed E-state index contributed by atoms with van der Waals surface area (Å²) in [5, 5.41) is 3.19. The van der Waals surface area contributed by atoms with Crippen LogP contribution in [0.15, 0.2) is 54.6 Å². The summed E-state index contributed by atoms with van der Waals surface area (Å²) in [7, 11) is 0. The topological polar surface area (TPSA) is 46.2 Å². The molecule has 112 valence electrons. The van der Waals surface area contributed by atoms with E-state index in [0.717, 1.165) is 5.56 Å². The second-order valence-electron chi connectivity index (χ2n) is 5.08. The zero-order chi connectivity index (χ0) is 16.3. The fraction of sp³-hybridized carbons (Fsp3) is 0.111. The van der Waals surface area contributed by atoms with Crippen molar-refractivity contribution in [3.8, 4) is 0 Å². The van der Waals surface area contributed by atoms with Crippen molar-refractivity contribution in [2.24, 2.45) is 0 Å². The minimum Gasteiger partial charge on any atom is -0.322 e. The second kappa shape index (κ2) is 6.58. The van der Waals surface area contributed by atoms with Crippen LogP contribution in [0.5, 0.6) is 0 Å². The van der Waals surface area contributed by atoms with Crippen molar-refractivity contribution in [3.63, 3.8) is 0 Å². The number of anilines is 1. The molecule has 0 saturated heterocycles. The number of benzene rings is 2. The van der Waals surface area contributed by atoms with Crippen LogP contribution in [0.2, 0.25) is 5.02 Å². The summed E-state index contributed by atoms with van der Waals surface area (Å²) in [6, 6.07) is 12.1. The molecule has 3 nitrogen and oxygen atoms in total. The van der Waals surface area contributed by atoms with E-state index < -0.39 is 0 Å². The van der Waals surface area contributed by atoms with Crippen molar-refractivity contribution < 1.29 is 9.59 Å². The number of hydrogen-bond acceptors (Lipinski definition) is 2. The number of nitrogens with one attached hydrogen (secondary N) is 1. The predicted molar refractivity (Wildman–Crippen MR) is 89.5 cm³/mol. The quantitative estimate of drug-likeness (QED) is 0.672. The third-order valence-electron chi connectivity index (χ3n) is 3.22. The largest absolute Gasteiger partial charge is 0.322 e. The fourth-order valence-corrected chi connectivity index (χ4v) is 2.11. The molecule has 0 aromatic heterocycles.